The van der Waals surface area contributed by atoms with Gasteiger partial charge in [-0.1, -0.05) is 53.2 Å². The first-order valence-electron chi connectivity index (χ1n) is 11.9. The molecule has 3 rings (SSSR count). The second-order valence-corrected chi connectivity index (χ2v) is 8.27. The van der Waals surface area contributed by atoms with Gasteiger partial charge in [-0.3, -0.25) is 4.90 Å². The summed E-state index contributed by atoms with van der Waals surface area (Å²) >= 11 is 0. The van der Waals surface area contributed by atoms with E-state index in [0.717, 1.165) is 12.1 Å². The Morgan fingerprint density at radius 1 is 1.11 bits per heavy atom. The number of hydrogen-bond donors (Lipinski definition) is 2. The summed E-state index contributed by atoms with van der Waals surface area (Å²) in [5.41, 5.74) is 0.345. The van der Waals surface area contributed by atoms with Crippen molar-refractivity contribution in [3.8, 4) is 12.3 Å². The first-order chi connectivity index (χ1) is 17.0. The molecule has 0 radical (unpaired) electrons. The summed E-state index contributed by atoms with van der Waals surface area (Å²) in [7, 11) is 0. The molecule has 0 aliphatic carbocycles. The van der Waals surface area contributed by atoms with E-state index in [9.17, 15) is 18.0 Å². The number of anilines is 2. The Labute approximate surface area is 219 Å². The highest BCUT2D eigenvalue weighted by Gasteiger charge is 2.32. The average Bonchev–Trinajstić information content (AvgIpc) is 3.27. The number of aromatic nitrogens is 2. The number of carbonyl (C=O) groups excluding carboxylic acids is 1. The molecule has 10 heteroatoms. The van der Waals surface area contributed by atoms with Gasteiger partial charge in [0.1, 0.15) is 11.4 Å². The van der Waals surface area contributed by atoms with Crippen molar-refractivity contribution in [3.63, 3.8) is 0 Å². The molecule has 0 saturated heterocycles. The molecule has 1 aliphatic rings. The summed E-state index contributed by atoms with van der Waals surface area (Å²) in [6.07, 6.45) is 0.374. The lowest BCUT2D eigenvalue weighted by atomic mass is 10.1. The van der Waals surface area contributed by atoms with Crippen LogP contribution in [0.2, 0.25) is 0 Å². The van der Waals surface area contributed by atoms with E-state index in [0.29, 0.717) is 22.6 Å². The number of hydrogen-bond acceptors (Lipinski definition) is 6. The predicted octanol–water partition coefficient (Wildman–Crippen LogP) is 7.09. The molecule has 1 aromatic heterocycles. The molecule has 1 aliphatic heterocycles. The summed E-state index contributed by atoms with van der Waals surface area (Å²) in [6, 6.07) is 5.05. The van der Waals surface area contributed by atoms with Crippen molar-refractivity contribution in [1.29, 1.82) is 0 Å². The number of fused-ring (bicyclic) bond motifs is 1. The van der Waals surface area contributed by atoms with Gasteiger partial charge in [0.2, 0.25) is 5.95 Å². The number of amides is 1. The Balaban J connectivity index is 0.00000247. The Kier molecular flexibility index (Phi) is 13.5. The molecule has 0 unspecified atom stereocenters. The van der Waals surface area contributed by atoms with Crippen molar-refractivity contribution in [2.24, 2.45) is 0 Å². The minimum absolute atomic E-state index is 0. The van der Waals surface area contributed by atoms with Crippen LogP contribution in [0.15, 0.2) is 24.3 Å². The fourth-order valence-electron chi connectivity index (χ4n) is 3.11. The van der Waals surface area contributed by atoms with Crippen LogP contribution in [-0.4, -0.2) is 33.1 Å². The SMILES string of the molecule is C.C#CCNc1nc2c(c(NCc3cccc(C(F)(F)F)c3)n1)CN(C(=O)OC(C)(C)C)C2.CC.CC. The first-order valence-corrected chi connectivity index (χ1v) is 11.9. The van der Waals surface area contributed by atoms with Crippen LogP contribution >= 0.6 is 0 Å². The molecule has 0 bridgehead atoms. The van der Waals surface area contributed by atoms with Gasteiger partial charge in [-0.15, -0.1) is 6.42 Å². The van der Waals surface area contributed by atoms with Gasteiger partial charge in [0.25, 0.3) is 0 Å². The third-order valence-electron chi connectivity index (χ3n) is 4.50. The van der Waals surface area contributed by atoms with Gasteiger partial charge in [0.15, 0.2) is 0 Å². The molecular formula is C27H40F3N5O2. The van der Waals surface area contributed by atoms with Gasteiger partial charge in [-0.2, -0.15) is 18.2 Å². The summed E-state index contributed by atoms with van der Waals surface area (Å²) in [4.78, 5) is 22.8. The summed E-state index contributed by atoms with van der Waals surface area (Å²) in [6.45, 7) is 14.1. The smallest absolute Gasteiger partial charge is 0.416 e. The summed E-state index contributed by atoms with van der Waals surface area (Å²) < 4.78 is 44.4. The summed E-state index contributed by atoms with van der Waals surface area (Å²) in [5.74, 6) is 3.11. The Hall–Kier alpha value is -3.48. The van der Waals surface area contributed by atoms with Crippen molar-refractivity contribution in [2.75, 3.05) is 17.2 Å². The standard InChI is InChI=1S/C22H24F3N5O2.2C2H6.CH4/c1-5-9-26-19-28-17-13-30(20(31)32-21(2,3)4)12-16(17)18(29-19)27-11-14-7-6-8-15(10-14)22(23,24)25;2*1-2;/h1,6-8,10H,9,11-13H2,2-4H3,(H2,26,27,28,29);2*1-2H3;1H4. The van der Waals surface area contributed by atoms with E-state index in [4.69, 9.17) is 11.2 Å². The minimum Gasteiger partial charge on any atom is -0.444 e. The number of benzene rings is 1. The van der Waals surface area contributed by atoms with Gasteiger partial charge in [0, 0.05) is 12.1 Å². The van der Waals surface area contributed by atoms with E-state index >= 15 is 0 Å². The molecule has 0 spiro atoms. The molecule has 1 aromatic carbocycles. The van der Waals surface area contributed by atoms with Crippen LogP contribution in [0.3, 0.4) is 0 Å². The zero-order chi connectivity index (χ0) is 27.5. The van der Waals surface area contributed by atoms with Crippen LogP contribution in [0.1, 0.15) is 78.3 Å². The van der Waals surface area contributed by atoms with Crippen LogP contribution in [0.25, 0.3) is 0 Å². The summed E-state index contributed by atoms with van der Waals surface area (Å²) in [5, 5.41) is 5.97. The molecule has 0 fully saturated rings. The van der Waals surface area contributed by atoms with E-state index in [-0.39, 0.29) is 39.6 Å². The molecule has 0 saturated carbocycles. The van der Waals surface area contributed by atoms with E-state index in [1.807, 2.05) is 27.7 Å². The number of halogens is 3. The highest BCUT2D eigenvalue weighted by Crippen LogP contribution is 2.31. The molecule has 1 amide bonds. The normalized spacial score (nSPS) is 11.9. The Morgan fingerprint density at radius 2 is 1.76 bits per heavy atom. The number of rotatable bonds is 5. The minimum atomic E-state index is -4.42. The lowest BCUT2D eigenvalue weighted by molar-refractivity contribution is -0.137. The number of nitrogens with zero attached hydrogens (tertiary/aromatic N) is 3. The van der Waals surface area contributed by atoms with Crippen molar-refractivity contribution in [1.82, 2.24) is 14.9 Å². The molecule has 2 N–H and O–H groups in total. The Morgan fingerprint density at radius 3 is 2.32 bits per heavy atom. The van der Waals surface area contributed by atoms with Gasteiger partial charge in [-0.05, 0) is 38.5 Å². The van der Waals surface area contributed by atoms with E-state index in [1.165, 1.54) is 11.0 Å². The highest BCUT2D eigenvalue weighted by atomic mass is 19.4. The third-order valence-corrected chi connectivity index (χ3v) is 4.50. The second-order valence-electron chi connectivity index (χ2n) is 8.27. The van der Waals surface area contributed by atoms with Crippen molar-refractivity contribution in [2.45, 2.75) is 87.3 Å². The first kappa shape index (κ1) is 33.5. The molecular weight excluding hydrogens is 483 g/mol. The highest BCUT2D eigenvalue weighted by molar-refractivity contribution is 5.70. The van der Waals surface area contributed by atoms with E-state index in [2.05, 4.69) is 26.5 Å². The number of alkyl halides is 3. The van der Waals surface area contributed by atoms with Crippen LogP contribution in [-0.2, 0) is 30.5 Å². The number of ether oxygens (including phenoxy) is 1. The zero-order valence-electron chi connectivity index (χ0n) is 22.0. The van der Waals surface area contributed by atoms with E-state index < -0.39 is 23.4 Å². The molecule has 2 heterocycles. The lowest BCUT2D eigenvalue weighted by Gasteiger charge is -2.24. The topological polar surface area (TPSA) is 79.4 Å². The van der Waals surface area contributed by atoms with Crippen molar-refractivity contribution in [3.05, 3.63) is 46.6 Å². The van der Waals surface area contributed by atoms with Crippen LogP contribution < -0.4 is 10.6 Å². The predicted molar refractivity (Wildman–Crippen MR) is 143 cm³/mol. The number of carbonyl (C=O) groups is 1. The van der Waals surface area contributed by atoms with Crippen molar-refractivity contribution >= 4 is 17.9 Å². The second kappa shape index (κ2) is 14.9. The maximum atomic E-state index is 13.0. The molecule has 2 aromatic rings. The quantitative estimate of drug-likeness (QED) is 0.407. The maximum absolute atomic E-state index is 13.0. The molecule has 0 atom stereocenters. The number of terminal acetylenes is 1. The van der Waals surface area contributed by atoms with Gasteiger partial charge < -0.3 is 15.4 Å². The maximum Gasteiger partial charge on any atom is 0.416 e. The molecule has 37 heavy (non-hydrogen) atoms. The monoisotopic (exact) mass is 523 g/mol. The fourth-order valence-corrected chi connectivity index (χ4v) is 3.11. The van der Waals surface area contributed by atoms with Gasteiger partial charge >= 0.3 is 12.3 Å². The van der Waals surface area contributed by atoms with Crippen LogP contribution in [0.4, 0.5) is 29.7 Å². The number of nitrogens with one attached hydrogen (secondary N) is 2. The third kappa shape index (κ3) is 10.2. The Bertz CT molecular complexity index is 1040. The van der Waals surface area contributed by atoms with Gasteiger partial charge in [0.05, 0.1) is 30.9 Å². The largest absolute Gasteiger partial charge is 0.444 e. The molecule has 7 nitrogen and oxygen atoms in total. The van der Waals surface area contributed by atoms with Crippen molar-refractivity contribution < 1.29 is 22.7 Å². The van der Waals surface area contributed by atoms with Crippen LogP contribution in [0.5, 0.6) is 0 Å². The van der Waals surface area contributed by atoms with E-state index in [1.54, 1.807) is 26.8 Å². The zero-order valence-corrected chi connectivity index (χ0v) is 22.0. The average molecular weight is 524 g/mol. The fraction of sp³-hybridized carbons (Fsp3) is 0.519. The van der Waals surface area contributed by atoms with Crippen LogP contribution in [0, 0.1) is 12.3 Å². The van der Waals surface area contributed by atoms with Gasteiger partial charge in [-0.25, -0.2) is 9.78 Å². The lowest BCUT2D eigenvalue weighted by Crippen LogP contribution is -2.33. The molecule has 206 valence electrons.